The van der Waals surface area contributed by atoms with Gasteiger partial charge in [-0.3, -0.25) is 4.79 Å². The van der Waals surface area contributed by atoms with Crippen molar-refractivity contribution in [1.29, 1.82) is 5.26 Å². The van der Waals surface area contributed by atoms with Crippen LogP contribution < -0.4 is 10.6 Å². The summed E-state index contributed by atoms with van der Waals surface area (Å²) in [5.41, 5.74) is 0.701. The largest absolute Gasteiger partial charge is 0.352 e. The number of amides is 1. The van der Waals surface area contributed by atoms with Crippen LogP contribution in [-0.4, -0.2) is 24.0 Å². The zero-order valence-corrected chi connectivity index (χ0v) is 12.3. The lowest BCUT2D eigenvalue weighted by Gasteiger charge is -2.44. The van der Waals surface area contributed by atoms with Gasteiger partial charge in [0.25, 0.3) is 0 Å². The summed E-state index contributed by atoms with van der Waals surface area (Å²) < 4.78 is 0. The minimum atomic E-state index is -0.383. The molecular formula is C17H21N3O. The van der Waals surface area contributed by atoms with E-state index < -0.39 is 0 Å². The predicted molar refractivity (Wildman–Crippen MR) is 80.5 cm³/mol. The molecule has 0 spiro atoms. The molecule has 0 aliphatic heterocycles. The summed E-state index contributed by atoms with van der Waals surface area (Å²) in [6, 6.07) is 12.9. The highest BCUT2D eigenvalue weighted by molar-refractivity contribution is 5.81. The maximum Gasteiger partial charge on any atom is 0.237 e. The summed E-state index contributed by atoms with van der Waals surface area (Å²) in [4.78, 5) is 11.9. The van der Waals surface area contributed by atoms with Crippen molar-refractivity contribution in [2.24, 2.45) is 0 Å². The van der Waals surface area contributed by atoms with Crippen LogP contribution >= 0.6 is 0 Å². The van der Waals surface area contributed by atoms with Crippen LogP contribution in [0.5, 0.6) is 0 Å². The molecule has 21 heavy (non-hydrogen) atoms. The fraction of sp³-hybridized carbons (Fsp3) is 0.529. The third kappa shape index (κ3) is 2.93. The zero-order chi connectivity index (χ0) is 14.9. The maximum absolute atomic E-state index is 11.9. The Morgan fingerprint density at radius 3 is 2.52 bits per heavy atom. The number of hydrogen-bond donors (Lipinski definition) is 2. The Morgan fingerprint density at radius 2 is 1.95 bits per heavy atom. The van der Waals surface area contributed by atoms with E-state index in [9.17, 15) is 10.1 Å². The highest BCUT2D eigenvalue weighted by Gasteiger charge is 2.46. The standard InChI is InChI=1S/C17H21N3O/c1-12(16(21)20-14-7-8-14)19-15-9-17(10-15,11-18)13-5-3-2-4-6-13/h2-6,12,14-15,19H,7-10H2,1H3,(H,20,21). The van der Waals surface area contributed by atoms with Crippen molar-refractivity contribution >= 4 is 5.91 Å². The molecule has 0 radical (unpaired) electrons. The molecule has 3 rings (SSSR count). The molecular weight excluding hydrogens is 262 g/mol. The third-order valence-electron chi connectivity index (χ3n) is 4.53. The van der Waals surface area contributed by atoms with E-state index in [4.69, 9.17) is 0 Å². The summed E-state index contributed by atoms with van der Waals surface area (Å²) >= 11 is 0. The molecule has 1 aromatic rings. The zero-order valence-electron chi connectivity index (χ0n) is 12.3. The van der Waals surface area contributed by atoms with Crippen molar-refractivity contribution in [3.63, 3.8) is 0 Å². The molecule has 4 nitrogen and oxygen atoms in total. The van der Waals surface area contributed by atoms with E-state index in [-0.39, 0.29) is 23.4 Å². The summed E-state index contributed by atoms with van der Waals surface area (Å²) in [6.07, 6.45) is 3.75. The summed E-state index contributed by atoms with van der Waals surface area (Å²) in [7, 11) is 0. The van der Waals surface area contributed by atoms with Crippen molar-refractivity contribution in [2.75, 3.05) is 0 Å². The van der Waals surface area contributed by atoms with E-state index in [1.54, 1.807) is 0 Å². The highest BCUT2D eigenvalue weighted by atomic mass is 16.2. The number of nitrogens with zero attached hydrogens (tertiary/aromatic N) is 1. The maximum atomic E-state index is 11.9. The Labute approximate surface area is 125 Å². The molecule has 1 unspecified atom stereocenters. The van der Waals surface area contributed by atoms with Crippen molar-refractivity contribution in [3.8, 4) is 6.07 Å². The lowest BCUT2D eigenvalue weighted by atomic mass is 9.62. The Morgan fingerprint density at radius 1 is 1.29 bits per heavy atom. The highest BCUT2D eigenvalue weighted by Crippen LogP contribution is 2.43. The van der Waals surface area contributed by atoms with Gasteiger partial charge in [0.2, 0.25) is 5.91 Å². The van der Waals surface area contributed by atoms with Crippen molar-refractivity contribution < 1.29 is 4.79 Å². The van der Waals surface area contributed by atoms with E-state index in [1.165, 1.54) is 0 Å². The number of carbonyl (C=O) groups is 1. The van der Waals surface area contributed by atoms with Crippen LogP contribution in [0.25, 0.3) is 0 Å². The molecule has 2 aliphatic rings. The fourth-order valence-corrected chi connectivity index (χ4v) is 3.03. The van der Waals surface area contributed by atoms with Gasteiger partial charge in [-0.1, -0.05) is 30.3 Å². The summed E-state index contributed by atoms with van der Waals surface area (Å²) in [6.45, 7) is 1.90. The minimum absolute atomic E-state index is 0.0756. The van der Waals surface area contributed by atoms with Gasteiger partial charge in [-0.25, -0.2) is 0 Å². The molecule has 0 saturated heterocycles. The topological polar surface area (TPSA) is 64.9 Å². The first-order valence-electron chi connectivity index (χ1n) is 7.66. The molecule has 2 fully saturated rings. The van der Waals surface area contributed by atoms with Crippen LogP contribution in [0.4, 0.5) is 0 Å². The van der Waals surface area contributed by atoms with Crippen LogP contribution in [0.1, 0.15) is 38.2 Å². The quantitative estimate of drug-likeness (QED) is 0.867. The van der Waals surface area contributed by atoms with Gasteiger partial charge in [0.1, 0.15) is 0 Å². The first-order chi connectivity index (χ1) is 10.1. The van der Waals surface area contributed by atoms with Gasteiger partial charge >= 0.3 is 0 Å². The van der Waals surface area contributed by atoms with Gasteiger partial charge < -0.3 is 10.6 Å². The van der Waals surface area contributed by atoms with E-state index in [0.717, 1.165) is 31.2 Å². The van der Waals surface area contributed by atoms with E-state index >= 15 is 0 Å². The molecule has 0 heterocycles. The van der Waals surface area contributed by atoms with Crippen LogP contribution in [0, 0.1) is 11.3 Å². The van der Waals surface area contributed by atoms with Crippen LogP contribution in [0.3, 0.4) is 0 Å². The van der Waals surface area contributed by atoms with Crippen molar-refractivity contribution in [3.05, 3.63) is 35.9 Å². The Balaban J connectivity index is 1.54. The SMILES string of the molecule is CC(NC1CC(C#N)(c2ccccc2)C1)C(=O)NC1CC1. The summed E-state index contributed by atoms with van der Waals surface area (Å²) in [5.74, 6) is 0.0756. The van der Waals surface area contributed by atoms with Crippen LogP contribution in [-0.2, 0) is 10.2 Å². The van der Waals surface area contributed by atoms with E-state index in [0.29, 0.717) is 6.04 Å². The second kappa shape index (κ2) is 5.50. The number of nitriles is 1. The molecule has 2 N–H and O–H groups in total. The summed E-state index contributed by atoms with van der Waals surface area (Å²) in [5, 5.41) is 15.9. The molecule has 0 bridgehead atoms. The second-order valence-corrected chi connectivity index (χ2v) is 6.34. The molecule has 2 saturated carbocycles. The minimum Gasteiger partial charge on any atom is -0.352 e. The number of rotatable bonds is 5. The second-order valence-electron chi connectivity index (χ2n) is 6.34. The van der Waals surface area contributed by atoms with Crippen LogP contribution in [0.15, 0.2) is 30.3 Å². The van der Waals surface area contributed by atoms with Gasteiger partial charge in [0.05, 0.1) is 17.5 Å². The number of hydrogen-bond acceptors (Lipinski definition) is 3. The monoisotopic (exact) mass is 283 g/mol. The average molecular weight is 283 g/mol. The first-order valence-corrected chi connectivity index (χ1v) is 7.66. The third-order valence-corrected chi connectivity index (χ3v) is 4.53. The number of benzene rings is 1. The Hall–Kier alpha value is -1.86. The van der Waals surface area contributed by atoms with E-state index in [1.807, 2.05) is 37.3 Å². The van der Waals surface area contributed by atoms with Crippen molar-refractivity contribution in [2.45, 2.75) is 56.1 Å². The van der Waals surface area contributed by atoms with Crippen LogP contribution in [0.2, 0.25) is 0 Å². The van der Waals surface area contributed by atoms with Gasteiger partial charge in [0, 0.05) is 12.1 Å². The molecule has 4 heteroatoms. The van der Waals surface area contributed by atoms with Gasteiger partial charge in [-0.05, 0) is 38.2 Å². The Kier molecular flexibility index (Phi) is 3.69. The lowest BCUT2D eigenvalue weighted by Crippen LogP contribution is -2.56. The van der Waals surface area contributed by atoms with Crippen molar-refractivity contribution in [1.82, 2.24) is 10.6 Å². The van der Waals surface area contributed by atoms with Gasteiger partial charge in [0.15, 0.2) is 0 Å². The molecule has 2 aliphatic carbocycles. The number of carbonyl (C=O) groups excluding carboxylic acids is 1. The number of nitrogens with one attached hydrogen (secondary N) is 2. The van der Waals surface area contributed by atoms with Gasteiger partial charge in [-0.15, -0.1) is 0 Å². The Bertz CT molecular complexity index is 553. The predicted octanol–water partition coefficient (Wildman–Crippen LogP) is 1.87. The molecule has 1 amide bonds. The fourth-order valence-electron chi connectivity index (χ4n) is 3.03. The molecule has 1 aromatic carbocycles. The molecule has 0 aromatic heterocycles. The lowest BCUT2D eigenvalue weighted by molar-refractivity contribution is -0.123. The smallest absolute Gasteiger partial charge is 0.237 e. The molecule has 110 valence electrons. The van der Waals surface area contributed by atoms with E-state index in [2.05, 4.69) is 16.7 Å². The molecule has 1 atom stereocenters. The normalized spacial score (nSPS) is 29.0. The van der Waals surface area contributed by atoms with Gasteiger partial charge in [-0.2, -0.15) is 5.26 Å². The first kappa shape index (κ1) is 14.1. The average Bonchev–Trinajstić information content (AvgIpc) is 3.27.